The first kappa shape index (κ1) is 18.9. The molecule has 2 aromatic carbocycles. The fourth-order valence-electron chi connectivity index (χ4n) is 2.77. The summed E-state index contributed by atoms with van der Waals surface area (Å²) in [6.45, 7) is 4.69. The number of nitrogens with two attached hydrogens (primary N) is 1. The minimum absolute atomic E-state index is 0.155. The van der Waals surface area contributed by atoms with Crippen molar-refractivity contribution in [2.75, 3.05) is 6.54 Å². The maximum absolute atomic E-state index is 10.3. The van der Waals surface area contributed by atoms with Crippen LogP contribution in [0.1, 0.15) is 25.0 Å². The van der Waals surface area contributed by atoms with Gasteiger partial charge in [0.1, 0.15) is 0 Å². The molecule has 0 spiro atoms. The van der Waals surface area contributed by atoms with Crippen LogP contribution in [0.2, 0.25) is 5.02 Å². The first-order valence-corrected chi connectivity index (χ1v) is 8.70. The summed E-state index contributed by atoms with van der Waals surface area (Å²) in [4.78, 5) is 0. The fraction of sp³-hybridized carbons (Fsp3) is 0.400. The van der Waals surface area contributed by atoms with Gasteiger partial charge in [0.15, 0.2) is 0 Å². The topological polar surface area (TPSA) is 58.3 Å². The third-order valence-electron chi connectivity index (χ3n) is 4.13. The SMILES string of the molecule is CC(C)(Cc1cccc(Cl)c1)NC[C@@H](O)[C@@H](N)Cc1ccccc1. The Bertz CT molecular complexity index is 631. The summed E-state index contributed by atoms with van der Waals surface area (Å²) >= 11 is 6.04. The van der Waals surface area contributed by atoms with Crippen LogP contribution in [0, 0.1) is 0 Å². The summed E-state index contributed by atoms with van der Waals surface area (Å²) in [5, 5.41) is 14.5. The van der Waals surface area contributed by atoms with Crippen molar-refractivity contribution < 1.29 is 5.11 Å². The Balaban J connectivity index is 1.84. The molecule has 0 saturated carbocycles. The predicted molar refractivity (Wildman–Crippen MR) is 101 cm³/mol. The van der Waals surface area contributed by atoms with Gasteiger partial charge in [-0.25, -0.2) is 0 Å². The summed E-state index contributed by atoms with van der Waals surface area (Å²) in [5.74, 6) is 0. The predicted octanol–water partition coefficient (Wildman–Crippen LogP) is 3.18. The van der Waals surface area contributed by atoms with Gasteiger partial charge >= 0.3 is 0 Å². The van der Waals surface area contributed by atoms with Gasteiger partial charge in [-0.2, -0.15) is 0 Å². The average molecular weight is 347 g/mol. The van der Waals surface area contributed by atoms with E-state index in [-0.39, 0.29) is 11.6 Å². The molecule has 130 valence electrons. The molecule has 0 radical (unpaired) electrons. The molecule has 0 bridgehead atoms. The van der Waals surface area contributed by atoms with Crippen molar-refractivity contribution in [1.29, 1.82) is 0 Å². The lowest BCUT2D eigenvalue weighted by atomic mass is 9.94. The number of halogens is 1. The van der Waals surface area contributed by atoms with Gasteiger partial charge in [-0.05, 0) is 49.9 Å². The summed E-state index contributed by atoms with van der Waals surface area (Å²) in [5.41, 5.74) is 8.30. The molecular formula is C20H27ClN2O. The van der Waals surface area contributed by atoms with Crippen molar-refractivity contribution in [2.24, 2.45) is 5.73 Å². The molecule has 0 fully saturated rings. The van der Waals surface area contributed by atoms with Crippen LogP contribution < -0.4 is 11.1 Å². The van der Waals surface area contributed by atoms with Crippen molar-refractivity contribution in [3.05, 3.63) is 70.7 Å². The summed E-state index contributed by atoms with van der Waals surface area (Å²) in [7, 11) is 0. The number of nitrogens with one attached hydrogen (secondary N) is 1. The van der Waals surface area contributed by atoms with Crippen molar-refractivity contribution in [1.82, 2.24) is 5.32 Å². The molecule has 0 aromatic heterocycles. The molecule has 2 rings (SSSR count). The average Bonchev–Trinajstić information content (AvgIpc) is 2.53. The van der Waals surface area contributed by atoms with Gasteiger partial charge in [0.25, 0.3) is 0 Å². The first-order valence-electron chi connectivity index (χ1n) is 8.33. The molecule has 4 heteroatoms. The Labute approximate surface area is 149 Å². The monoisotopic (exact) mass is 346 g/mol. The van der Waals surface area contributed by atoms with Crippen LogP contribution in [0.4, 0.5) is 0 Å². The standard InChI is InChI=1S/C20H27ClN2O/c1-20(2,13-16-9-6-10-17(21)11-16)23-14-19(24)18(22)12-15-7-4-3-5-8-15/h3-11,18-19,23-24H,12-14,22H2,1-2H3/t18-,19+/m0/s1. The largest absolute Gasteiger partial charge is 0.390 e. The molecule has 3 nitrogen and oxygen atoms in total. The number of rotatable bonds is 8. The second-order valence-electron chi connectivity index (χ2n) is 6.99. The van der Waals surface area contributed by atoms with Crippen molar-refractivity contribution in [3.63, 3.8) is 0 Å². The van der Waals surface area contributed by atoms with Crippen LogP contribution in [0.5, 0.6) is 0 Å². The third-order valence-corrected chi connectivity index (χ3v) is 4.37. The van der Waals surface area contributed by atoms with E-state index in [1.807, 2.05) is 48.5 Å². The van der Waals surface area contributed by atoms with Gasteiger partial charge in [0.2, 0.25) is 0 Å². The van der Waals surface area contributed by atoms with E-state index in [2.05, 4.69) is 25.2 Å². The second-order valence-corrected chi connectivity index (χ2v) is 7.43. The first-order chi connectivity index (χ1) is 11.4. The maximum atomic E-state index is 10.3. The van der Waals surface area contributed by atoms with E-state index in [0.29, 0.717) is 13.0 Å². The summed E-state index contributed by atoms with van der Waals surface area (Å²) in [6, 6.07) is 17.6. The van der Waals surface area contributed by atoms with Crippen LogP contribution in [0.25, 0.3) is 0 Å². The molecule has 4 N–H and O–H groups in total. The maximum Gasteiger partial charge on any atom is 0.0818 e. The smallest absolute Gasteiger partial charge is 0.0818 e. The molecule has 0 unspecified atom stereocenters. The normalized spacial score (nSPS) is 14.4. The molecule has 0 aliphatic rings. The summed E-state index contributed by atoms with van der Waals surface area (Å²) in [6.07, 6.45) is 0.899. The van der Waals surface area contributed by atoms with E-state index in [1.54, 1.807) is 0 Å². The molecule has 2 aromatic rings. The molecule has 2 atom stereocenters. The highest BCUT2D eigenvalue weighted by molar-refractivity contribution is 6.30. The number of aliphatic hydroxyl groups excluding tert-OH is 1. The Morgan fingerprint density at radius 3 is 2.42 bits per heavy atom. The molecule has 0 aliphatic heterocycles. The number of hydrogen-bond donors (Lipinski definition) is 3. The molecule has 0 aliphatic carbocycles. The van der Waals surface area contributed by atoms with Crippen molar-refractivity contribution in [2.45, 2.75) is 44.4 Å². The van der Waals surface area contributed by atoms with Crippen LogP contribution in [0.3, 0.4) is 0 Å². The van der Waals surface area contributed by atoms with Crippen molar-refractivity contribution >= 4 is 11.6 Å². The minimum Gasteiger partial charge on any atom is -0.390 e. The van der Waals surface area contributed by atoms with E-state index in [1.165, 1.54) is 5.56 Å². The van der Waals surface area contributed by atoms with Crippen LogP contribution in [0.15, 0.2) is 54.6 Å². The highest BCUT2D eigenvalue weighted by atomic mass is 35.5. The Morgan fingerprint density at radius 1 is 1.08 bits per heavy atom. The number of β-amino-alcohol motifs (C(OH)–C–C–N with tert-alkyl or cyclic N) is 1. The zero-order valence-corrected chi connectivity index (χ0v) is 15.1. The number of aliphatic hydroxyl groups is 1. The lowest BCUT2D eigenvalue weighted by molar-refractivity contribution is 0.131. The summed E-state index contributed by atoms with van der Waals surface area (Å²) < 4.78 is 0. The van der Waals surface area contributed by atoms with E-state index >= 15 is 0 Å². The lowest BCUT2D eigenvalue weighted by Gasteiger charge is -2.29. The Kier molecular flexibility index (Phi) is 6.81. The second kappa shape index (κ2) is 8.63. The zero-order valence-electron chi connectivity index (χ0n) is 14.4. The molecule has 0 saturated heterocycles. The zero-order chi connectivity index (χ0) is 17.6. The fourth-order valence-corrected chi connectivity index (χ4v) is 2.99. The van der Waals surface area contributed by atoms with Crippen LogP contribution in [-0.2, 0) is 12.8 Å². The lowest BCUT2D eigenvalue weighted by Crippen LogP contribution is -2.50. The number of hydrogen-bond acceptors (Lipinski definition) is 3. The van der Waals surface area contributed by atoms with E-state index in [4.69, 9.17) is 17.3 Å². The third kappa shape index (κ3) is 6.25. The van der Waals surface area contributed by atoms with E-state index in [0.717, 1.165) is 17.0 Å². The Morgan fingerprint density at radius 2 is 1.75 bits per heavy atom. The van der Waals surface area contributed by atoms with Gasteiger partial charge in [-0.3, -0.25) is 0 Å². The van der Waals surface area contributed by atoms with Crippen molar-refractivity contribution in [3.8, 4) is 0 Å². The Hall–Kier alpha value is -1.39. The van der Waals surface area contributed by atoms with Crippen LogP contribution in [-0.4, -0.2) is 29.3 Å². The van der Waals surface area contributed by atoms with Gasteiger partial charge in [0.05, 0.1) is 6.10 Å². The minimum atomic E-state index is -0.594. The molecule has 24 heavy (non-hydrogen) atoms. The van der Waals surface area contributed by atoms with E-state index < -0.39 is 6.10 Å². The highest BCUT2D eigenvalue weighted by Crippen LogP contribution is 2.17. The molecule has 0 heterocycles. The van der Waals surface area contributed by atoms with Crippen LogP contribution >= 0.6 is 11.6 Å². The quantitative estimate of drug-likeness (QED) is 0.688. The van der Waals surface area contributed by atoms with E-state index in [9.17, 15) is 5.11 Å². The molecule has 0 amide bonds. The van der Waals surface area contributed by atoms with Gasteiger partial charge < -0.3 is 16.2 Å². The van der Waals surface area contributed by atoms with Gasteiger partial charge in [-0.1, -0.05) is 54.1 Å². The highest BCUT2D eigenvalue weighted by Gasteiger charge is 2.22. The molecular weight excluding hydrogens is 320 g/mol. The number of benzene rings is 2. The van der Waals surface area contributed by atoms with Gasteiger partial charge in [0, 0.05) is 23.1 Å². The van der Waals surface area contributed by atoms with Gasteiger partial charge in [-0.15, -0.1) is 0 Å².